The lowest BCUT2D eigenvalue weighted by Crippen LogP contribution is -1.97. The molecule has 3 heteroatoms. The molecule has 3 nitrogen and oxygen atoms in total. The molecule has 0 bridgehead atoms. The number of aliphatic carboxylic acids is 1. The Balaban J connectivity index is 0. The Kier molecular flexibility index (Phi) is 27.0. The van der Waals surface area contributed by atoms with Crippen molar-refractivity contribution < 1.29 is 15.0 Å². The van der Waals surface area contributed by atoms with Gasteiger partial charge in [-0.05, 0) is 19.8 Å². The van der Waals surface area contributed by atoms with Gasteiger partial charge in [-0.2, -0.15) is 0 Å². The monoisotopic (exact) mass is 386 g/mol. The summed E-state index contributed by atoms with van der Waals surface area (Å²) >= 11 is 0. The van der Waals surface area contributed by atoms with Gasteiger partial charge >= 0.3 is 5.97 Å². The third-order valence-corrected chi connectivity index (χ3v) is 4.97. The number of hydrogen-bond donors (Lipinski definition) is 2. The second kappa shape index (κ2) is 25.4. The van der Waals surface area contributed by atoms with Crippen LogP contribution in [0, 0.1) is 0 Å². The average molecular weight is 387 g/mol. The normalized spacial score (nSPS) is 11.7. The van der Waals surface area contributed by atoms with Crippen LogP contribution in [-0.2, 0) is 4.79 Å². The number of aliphatic hydroxyl groups is 1. The van der Waals surface area contributed by atoms with Gasteiger partial charge in [-0.15, -0.1) is 0 Å². The minimum atomic E-state index is -0.655. The topological polar surface area (TPSA) is 57.5 Å². The quantitative estimate of drug-likeness (QED) is 0.222. The molecule has 164 valence electrons. The van der Waals surface area contributed by atoms with Gasteiger partial charge in [0.25, 0.3) is 0 Å². The number of carboxylic acids is 1. The van der Waals surface area contributed by atoms with Crippen LogP contribution < -0.4 is 0 Å². The maximum absolute atomic E-state index is 10.3. The predicted molar refractivity (Wildman–Crippen MR) is 118 cm³/mol. The van der Waals surface area contributed by atoms with E-state index in [2.05, 4.69) is 13.8 Å². The summed E-state index contributed by atoms with van der Waals surface area (Å²) in [6, 6.07) is 0. The third kappa shape index (κ3) is 33.4. The molecule has 27 heavy (non-hydrogen) atoms. The molecule has 0 saturated carbocycles. The summed E-state index contributed by atoms with van der Waals surface area (Å²) < 4.78 is 0. The van der Waals surface area contributed by atoms with Gasteiger partial charge in [0.1, 0.15) is 0 Å². The summed E-state index contributed by atoms with van der Waals surface area (Å²) in [7, 11) is 0. The Labute approximate surface area is 170 Å². The van der Waals surface area contributed by atoms with E-state index in [0.717, 1.165) is 19.3 Å². The summed E-state index contributed by atoms with van der Waals surface area (Å²) in [5.41, 5.74) is 0. The maximum Gasteiger partial charge on any atom is 0.303 e. The molecule has 0 aliphatic carbocycles. The van der Waals surface area contributed by atoms with E-state index in [1.807, 2.05) is 6.92 Å². The van der Waals surface area contributed by atoms with Crippen molar-refractivity contribution in [3.63, 3.8) is 0 Å². The maximum atomic E-state index is 10.3. The zero-order chi connectivity index (χ0) is 20.6. The molecule has 0 heterocycles. The highest BCUT2D eigenvalue weighted by Crippen LogP contribution is 2.12. The Morgan fingerprint density at radius 3 is 1.30 bits per heavy atom. The fraction of sp³-hybridized carbons (Fsp3) is 0.958. The van der Waals surface area contributed by atoms with Crippen LogP contribution in [0.25, 0.3) is 0 Å². The van der Waals surface area contributed by atoms with Crippen LogP contribution in [0.1, 0.15) is 143 Å². The molecule has 0 saturated heterocycles. The number of hydrogen-bond acceptors (Lipinski definition) is 2. The molecular weight excluding hydrogens is 336 g/mol. The first-order chi connectivity index (χ1) is 13.0. The van der Waals surface area contributed by atoms with Crippen molar-refractivity contribution >= 4 is 5.97 Å². The molecule has 0 fully saturated rings. The van der Waals surface area contributed by atoms with Gasteiger partial charge in [-0.3, -0.25) is 4.79 Å². The molecule has 1 unspecified atom stereocenters. The minimum Gasteiger partial charge on any atom is -0.481 e. The lowest BCUT2D eigenvalue weighted by Gasteiger charge is -2.02. The lowest BCUT2D eigenvalue weighted by molar-refractivity contribution is -0.137. The third-order valence-electron chi connectivity index (χ3n) is 4.97. The van der Waals surface area contributed by atoms with Crippen molar-refractivity contribution in [2.24, 2.45) is 0 Å². The highest BCUT2D eigenvalue weighted by Gasteiger charge is 1.97. The molecule has 0 aromatic carbocycles. The van der Waals surface area contributed by atoms with Crippen molar-refractivity contribution in [2.75, 3.05) is 0 Å². The van der Waals surface area contributed by atoms with E-state index < -0.39 is 5.97 Å². The molecule has 0 rings (SSSR count). The van der Waals surface area contributed by atoms with Gasteiger partial charge in [-0.25, -0.2) is 0 Å². The molecule has 0 amide bonds. The first-order valence-corrected chi connectivity index (χ1v) is 11.9. The van der Waals surface area contributed by atoms with Crippen molar-refractivity contribution in [3.05, 3.63) is 0 Å². The highest BCUT2D eigenvalue weighted by molar-refractivity contribution is 5.66. The van der Waals surface area contributed by atoms with Gasteiger partial charge in [0, 0.05) is 6.42 Å². The molecule has 0 aliphatic heterocycles. The van der Waals surface area contributed by atoms with Crippen LogP contribution in [0.4, 0.5) is 0 Å². The molecule has 0 aromatic rings. The van der Waals surface area contributed by atoms with Gasteiger partial charge in [-0.1, -0.05) is 117 Å². The first-order valence-electron chi connectivity index (χ1n) is 11.9. The summed E-state index contributed by atoms with van der Waals surface area (Å²) in [6.07, 6.45) is 23.2. The second-order valence-corrected chi connectivity index (χ2v) is 8.08. The highest BCUT2D eigenvalue weighted by atomic mass is 16.4. The lowest BCUT2D eigenvalue weighted by atomic mass is 10.0. The van der Waals surface area contributed by atoms with Crippen LogP contribution in [0.3, 0.4) is 0 Å². The van der Waals surface area contributed by atoms with Crippen molar-refractivity contribution in [1.29, 1.82) is 0 Å². The van der Waals surface area contributed by atoms with Crippen molar-refractivity contribution in [3.8, 4) is 0 Å². The Morgan fingerprint density at radius 1 is 0.630 bits per heavy atom. The predicted octanol–water partition coefficient (Wildman–Crippen LogP) is 7.89. The fourth-order valence-electron chi connectivity index (χ4n) is 3.16. The number of rotatable bonds is 19. The summed E-state index contributed by atoms with van der Waals surface area (Å²) in [5.74, 6) is -0.655. The van der Waals surface area contributed by atoms with Crippen LogP contribution >= 0.6 is 0 Å². The SMILES string of the molecule is CCCCCCC(C)O.CCCCCCCCCCCCCCCC(=O)O. The molecule has 2 N–H and O–H groups in total. The largest absolute Gasteiger partial charge is 0.481 e. The van der Waals surface area contributed by atoms with Gasteiger partial charge in [0.15, 0.2) is 0 Å². The smallest absolute Gasteiger partial charge is 0.303 e. The fourth-order valence-corrected chi connectivity index (χ4v) is 3.16. The summed E-state index contributed by atoms with van der Waals surface area (Å²) in [6.45, 7) is 6.31. The number of aliphatic hydroxyl groups excluding tert-OH is 1. The van der Waals surface area contributed by atoms with Crippen LogP contribution in [0.5, 0.6) is 0 Å². The van der Waals surface area contributed by atoms with Crippen LogP contribution in [-0.4, -0.2) is 22.3 Å². The van der Waals surface area contributed by atoms with E-state index in [1.165, 1.54) is 96.3 Å². The van der Waals surface area contributed by atoms with Gasteiger partial charge < -0.3 is 10.2 Å². The Morgan fingerprint density at radius 2 is 0.963 bits per heavy atom. The molecule has 0 radical (unpaired) electrons. The van der Waals surface area contributed by atoms with E-state index in [0.29, 0.717) is 6.42 Å². The molecule has 0 aliphatic rings. The Hall–Kier alpha value is -0.570. The van der Waals surface area contributed by atoms with Crippen LogP contribution in [0.2, 0.25) is 0 Å². The molecule has 1 atom stereocenters. The number of carboxylic acid groups (broad SMARTS) is 1. The molecule has 0 aromatic heterocycles. The van der Waals surface area contributed by atoms with E-state index in [-0.39, 0.29) is 6.10 Å². The van der Waals surface area contributed by atoms with E-state index in [1.54, 1.807) is 0 Å². The zero-order valence-corrected chi connectivity index (χ0v) is 18.8. The zero-order valence-electron chi connectivity index (χ0n) is 18.8. The van der Waals surface area contributed by atoms with Crippen molar-refractivity contribution in [1.82, 2.24) is 0 Å². The summed E-state index contributed by atoms with van der Waals surface area (Å²) in [4.78, 5) is 10.3. The minimum absolute atomic E-state index is 0.0955. The molecule has 0 spiro atoms. The van der Waals surface area contributed by atoms with Gasteiger partial charge in [0.2, 0.25) is 0 Å². The van der Waals surface area contributed by atoms with Gasteiger partial charge in [0.05, 0.1) is 6.10 Å². The molecular formula is C24H50O3. The number of unbranched alkanes of at least 4 members (excludes halogenated alkanes) is 15. The van der Waals surface area contributed by atoms with E-state index in [4.69, 9.17) is 10.2 Å². The average Bonchev–Trinajstić information content (AvgIpc) is 2.63. The van der Waals surface area contributed by atoms with E-state index in [9.17, 15) is 4.79 Å². The Bertz CT molecular complexity index is 277. The summed E-state index contributed by atoms with van der Waals surface area (Å²) in [5, 5.41) is 17.3. The van der Waals surface area contributed by atoms with E-state index >= 15 is 0 Å². The van der Waals surface area contributed by atoms with Crippen LogP contribution in [0.15, 0.2) is 0 Å². The first kappa shape index (κ1) is 28.6. The number of carbonyl (C=O) groups is 1. The second-order valence-electron chi connectivity index (χ2n) is 8.08. The van der Waals surface area contributed by atoms with Crippen molar-refractivity contribution in [2.45, 2.75) is 149 Å². The standard InChI is InChI=1S/C16H32O2.C8H18O/c1-2-3-4-5-6-7-8-9-10-11-12-13-14-15-16(17)18;1-3-4-5-6-7-8(2)9/h2-15H2,1H3,(H,17,18);8-9H,3-7H2,1-2H3.